The molecule has 0 bridgehead atoms. The molecule has 1 aliphatic rings. The average Bonchev–Trinajstić information content (AvgIpc) is 2.68. The van der Waals surface area contributed by atoms with Gasteiger partial charge in [0.15, 0.2) is 5.69 Å². The Kier molecular flexibility index (Phi) is 2.62. The Bertz CT molecular complexity index is 353. The van der Waals surface area contributed by atoms with Gasteiger partial charge >= 0.3 is 5.97 Å². The van der Waals surface area contributed by atoms with E-state index in [1.807, 2.05) is 4.90 Å². The van der Waals surface area contributed by atoms with Gasteiger partial charge in [-0.05, 0) is 18.8 Å². The molecule has 0 spiro atoms. The summed E-state index contributed by atoms with van der Waals surface area (Å²) in [5, 5.41) is 8.70. The fraction of sp³-hybridized carbons (Fsp3) is 0.600. The standard InChI is InChI=1S/C10H14N2O3/c1-7-2-4-12(5-3-7)10-11-8(6-15-10)9(13)14/h6-7H,2-5H2,1H3,(H,13,14). The first kappa shape index (κ1) is 10.0. The maximum atomic E-state index is 10.6. The number of nitrogens with zero attached hydrogens (tertiary/aromatic N) is 2. The predicted molar refractivity (Wildman–Crippen MR) is 54.1 cm³/mol. The van der Waals surface area contributed by atoms with E-state index in [-0.39, 0.29) is 5.69 Å². The van der Waals surface area contributed by atoms with Crippen molar-refractivity contribution in [3.05, 3.63) is 12.0 Å². The van der Waals surface area contributed by atoms with Crippen LogP contribution in [0.1, 0.15) is 30.3 Å². The van der Waals surface area contributed by atoms with Crippen molar-refractivity contribution in [2.45, 2.75) is 19.8 Å². The number of carboxylic acid groups (broad SMARTS) is 1. The summed E-state index contributed by atoms with van der Waals surface area (Å²) in [5.41, 5.74) is -0.0244. The van der Waals surface area contributed by atoms with Crippen LogP contribution in [0.2, 0.25) is 0 Å². The molecule has 15 heavy (non-hydrogen) atoms. The first-order valence-corrected chi connectivity index (χ1v) is 5.10. The van der Waals surface area contributed by atoms with Crippen molar-refractivity contribution in [2.75, 3.05) is 18.0 Å². The molecule has 0 saturated carbocycles. The zero-order valence-electron chi connectivity index (χ0n) is 8.64. The lowest BCUT2D eigenvalue weighted by Gasteiger charge is -2.28. The largest absolute Gasteiger partial charge is 0.476 e. The highest BCUT2D eigenvalue weighted by Crippen LogP contribution is 2.22. The van der Waals surface area contributed by atoms with Gasteiger partial charge in [-0.1, -0.05) is 6.92 Å². The van der Waals surface area contributed by atoms with Gasteiger partial charge in [-0.2, -0.15) is 4.98 Å². The van der Waals surface area contributed by atoms with Crippen LogP contribution >= 0.6 is 0 Å². The van der Waals surface area contributed by atoms with Crippen LogP contribution in [-0.4, -0.2) is 29.1 Å². The lowest BCUT2D eigenvalue weighted by molar-refractivity contribution is 0.0690. The molecule has 2 rings (SSSR count). The zero-order chi connectivity index (χ0) is 10.8. The summed E-state index contributed by atoms with van der Waals surface area (Å²) in [4.78, 5) is 16.5. The second-order valence-electron chi connectivity index (χ2n) is 3.99. The van der Waals surface area contributed by atoms with Gasteiger partial charge in [0, 0.05) is 13.1 Å². The second kappa shape index (κ2) is 3.92. The minimum atomic E-state index is -1.05. The van der Waals surface area contributed by atoms with Crippen LogP contribution in [-0.2, 0) is 0 Å². The Morgan fingerprint density at radius 2 is 2.27 bits per heavy atom. The number of hydrogen-bond acceptors (Lipinski definition) is 4. The highest BCUT2D eigenvalue weighted by Gasteiger charge is 2.20. The molecule has 2 heterocycles. The quantitative estimate of drug-likeness (QED) is 0.803. The van der Waals surface area contributed by atoms with Crippen molar-refractivity contribution >= 4 is 12.0 Å². The van der Waals surface area contributed by atoms with Gasteiger partial charge in [0.05, 0.1) is 0 Å². The maximum Gasteiger partial charge on any atom is 0.357 e. The molecule has 5 nitrogen and oxygen atoms in total. The lowest BCUT2D eigenvalue weighted by atomic mass is 10.00. The van der Waals surface area contributed by atoms with Crippen LogP contribution in [0.25, 0.3) is 0 Å². The Labute approximate surface area is 87.7 Å². The number of oxazole rings is 1. The van der Waals surface area contributed by atoms with Crippen LogP contribution in [0.15, 0.2) is 10.7 Å². The smallest absolute Gasteiger partial charge is 0.357 e. The highest BCUT2D eigenvalue weighted by molar-refractivity contribution is 5.85. The molecule has 82 valence electrons. The normalized spacial score (nSPS) is 18.1. The van der Waals surface area contributed by atoms with E-state index in [9.17, 15) is 4.79 Å². The molecule has 0 atom stereocenters. The molecule has 5 heteroatoms. The molecule has 1 aliphatic heterocycles. The van der Waals surface area contributed by atoms with Gasteiger partial charge in [-0.15, -0.1) is 0 Å². The topological polar surface area (TPSA) is 66.6 Å². The molecular weight excluding hydrogens is 196 g/mol. The third-order valence-corrected chi connectivity index (χ3v) is 2.77. The minimum Gasteiger partial charge on any atom is -0.476 e. The fourth-order valence-electron chi connectivity index (χ4n) is 1.71. The predicted octanol–water partition coefficient (Wildman–Crippen LogP) is 1.61. The van der Waals surface area contributed by atoms with Crippen molar-refractivity contribution < 1.29 is 14.3 Å². The number of hydrogen-bond donors (Lipinski definition) is 1. The summed E-state index contributed by atoms with van der Waals surface area (Å²) in [5.74, 6) is -0.314. The number of carboxylic acids is 1. The summed E-state index contributed by atoms with van der Waals surface area (Å²) in [6, 6.07) is 0.430. The van der Waals surface area contributed by atoms with Gasteiger partial charge in [-0.3, -0.25) is 0 Å². The molecule has 0 aromatic carbocycles. The molecule has 0 aliphatic carbocycles. The lowest BCUT2D eigenvalue weighted by Crippen LogP contribution is -2.33. The van der Waals surface area contributed by atoms with Crippen molar-refractivity contribution in [3.8, 4) is 0 Å². The van der Waals surface area contributed by atoms with Crippen LogP contribution < -0.4 is 4.90 Å². The van der Waals surface area contributed by atoms with Gasteiger partial charge in [0.2, 0.25) is 0 Å². The maximum absolute atomic E-state index is 10.6. The van der Waals surface area contributed by atoms with E-state index in [1.54, 1.807) is 0 Å². The summed E-state index contributed by atoms with van der Waals surface area (Å²) >= 11 is 0. The Hall–Kier alpha value is -1.52. The monoisotopic (exact) mass is 210 g/mol. The minimum absolute atomic E-state index is 0.0244. The van der Waals surface area contributed by atoms with Crippen molar-refractivity contribution in [3.63, 3.8) is 0 Å². The number of carbonyl (C=O) groups is 1. The number of aromatic nitrogens is 1. The number of anilines is 1. The number of aromatic carboxylic acids is 1. The third-order valence-electron chi connectivity index (χ3n) is 2.77. The van der Waals surface area contributed by atoms with E-state index in [0.29, 0.717) is 6.01 Å². The molecule has 0 amide bonds. The Balaban J connectivity index is 2.06. The number of piperidine rings is 1. The zero-order valence-corrected chi connectivity index (χ0v) is 8.64. The summed E-state index contributed by atoms with van der Waals surface area (Å²) in [6.07, 6.45) is 3.39. The average molecular weight is 210 g/mol. The van der Waals surface area contributed by atoms with Crippen molar-refractivity contribution in [1.82, 2.24) is 4.98 Å². The van der Waals surface area contributed by atoms with E-state index in [0.717, 1.165) is 31.8 Å². The molecule has 0 radical (unpaired) electrons. The van der Waals surface area contributed by atoms with Gasteiger partial charge in [-0.25, -0.2) is 4.79 Å². The summed E-state index contributed by atoms with van der Waals surface area (Å²) < 4.78 is 5.13. The summed E-state index contributed by atoms with van der Waals surface area (Å²) in [6.45, 7) is 4.00. The molecular formula is C10H14N2O3. The molecule has 0 unspecified atom stereocenters. The Morgan fingerprint density at radius 1 is 1.60 bits per heavy atom. The number of rotatable bonds is 2. The van der Waals surface area contributed by atoms with Crippen LogP contribution in [0.3, 0.4) is 0 Å². The fourth-order valence-corrected chi connectivity index (χ4v) is 1.71. The van der Waals surface area contributed by atoms with Crippen molar-refractivity contribution in [1.29, 1.82) is 0 Å². The molecule has 1 aromatic rings. The third kappa shape index (κ3) is 2.11. The van der Waals surface area contributed by atoms with E-state index in [2.05, 4.69) is 11.9 Å². The second-order valence-corrected chi connectivity index (χ2v) is 3.99. The highest BCUT2D eigenvalue weighted by atomic mass is 16.4. The summed E-state index contributed by atoms with van der Waals surface area (Å²) in [7, 11) is 0. The van der Waals surface area contributed by atoms with E-state index >= 15 is 0 Å². The first-order valence-electron chi connectivity index (χ1n) is 5.10. The van der Waals surface area contributed by atoms with Crippen LogP contribution in [0, 0.1) is 5.92 Å². The van der Waals surface area contributed by atoms with Crippen molar-refractivity contribution in [2.24, 2.45) is 5.92 Å². The SMILES string of the molecule is CC1CCN(c2nc(C(=O)O)co2)CC1. The van der Waals surface area contributed by atoms with Crippen LogP contribution in [0.5, 0.6) is 0 Å². The van der Waals surface area contributed by atoms with Gasteiger partial charge in [0.1, 0.15) is 6.26 Å². The first-order chi connectivity index (χ1) is 7.16. The van der Waals surface area contributed by atoms with E-state index in [4.69, 9.17) is 9.52 Å². The molecule has 1 fully saturated rings. The molecule has 1 N–H and O–H groups in total. The van der Waals surface area contributed by atoms with Gasteiger partial charge < -0.3 is 14.4 Å². The Morgan fingerprint density at radius 3 is 2.80 bits per heavy atom. The van der Waals surface area contributed by atoms with E-state index in [1.165, 1.54) is 6.26 Å². The van der Waals surface area contributed by atoms with Gasteiger partial charge in [0.25, 0.3) is 6.01 Å². The molecule has 1 saturated heterocycles. The molecule has 1 aromatic heterocycles. The van der Waals surface area contributed by atoms with Crippen LogP contribution in [0.4, 0.5) is 6.01 Å². The van der Waals surface area contributed by atoms with E-state index < -0.39 is 5.97 Å².